The quantitative estimate of drug-likeness (QED) is 0.666. The molecule has 22 heavy (non-hydrogen) atoms. The molecule has 1 saturated carbocycles. The number of rotatable bonds is 8. The molecule has 116 valence electrons. The molecule has 1 aliphatic carbocycles. The first kappa shape index (κ1) is 15.1. The Morgan fingerprint density at radius 1 is 1.00 bits per heavy atom. The molecule has 0 aromatic heterocycles. The lowest BCUT2D eigenvalue weighted by molar-refractivity contribution is 0.127. The first-order valence-electron chi connectivity index (χ1n) is 8.15. The summed E-state index contributed by atoms with van der Waals surface area (Å²) in [4.78, 5) is 0. The van der Waals surface area contributed by atoms with Crippen molar-refractivity contribution in [3.05, 3.63) is 65.2 Å². The molecule has 2 heteroatoms. The third-order valence-electron chi connectivity index (χ3n) is 4.06. The molecule has 2 aromatic carbocycles. The second-order valence-electron chi connectivity index (χ2n) is 6.14. The summed E-state index contributed by atoms with van der Waals surface area (Å²) in [7, 11) is 0. The highest BCUT2D eigenvalue weighted by molar-refractivity contribution is 5.36. The molecule has 0 atom stereocenters. The molecular weight excluding hydrogens is 272 g/mol. The topological polar surface area (TPSA) is 18.5 Å². The van der Waals surface area contributed by atoms with Crippen LogP contribution in [0.3, 0.4) is 0 Å². The average Bonchev–Trinajstić information content (AvgIpc) is 3.36. The van der Waals surface area contributed by atoms with Gasteiger partial charge in [-0.3, -0.25) is 0 Å². The van der Waals surface area contributed by atoms with Crippen LogP contribution in [0.15, 0.2) is 48.5 Å². The smallest absolute Gasteiger partial charge is 0.122 e. The highest BCUT2D eigenvalue weighted by Crippen LogP contribution is 2.28. The van der Waals surface area contributed by atoms with Crippen LogP contribution in [0, 0.1) is 12.8 Å². The average molecular weight is 296 g/mol. The van der Waals surface area contributed by atoms with E-state index in [2.05, 4.69) is 37.3 Å². The fourth-order valence-electron chi connectivity index (χ4n) is 2.49. The molecule has 3 rings (SSSR count). The minimum Gasteiger partial charge on any atom is -0.489 e. The number of hydrogen-bond acceptors (Lipinski definition) is 2. The van der Waals surface area contributed by atoms with Crippen LogP contribution >= 0.6 is 0 Å². The van der Waals surface area contributed by atoms with Gasteiger partial charge in [-0.1, -0.05) is 42.5 Å². The van der Waals surface area contributed by atoms with E-state index in [1.807, 2.05) is 18.2 Å². The normalized spacial score (nSPS) is 14.0. The summed E-state index contributed by atoms with van der Waals surface area (Å²) in [6.45, 7) is 4.48. The lowest BCUT2D eigenvalue weighted by atomic mass is 10.1. The van der Waals surface area contributed by atoms with Crippen LogP contribution in [0.1, 0.15) is 29.5 Å². The summed E-state index contributed by atoms with van der Waals surface area (Å²) >= 11 is 0. The van der Waals surface area contributed by atoms with E-state index < -0.39 is 0 Å². The Morgan fingerprint density at radius 2 is 1.82 bits per heavy atom. The summed E-state index contributed by atoms with van der Waals surface area (Å²) in [6.07, 6.45) is 3.69. The molecule has 2 aromatic rings. The number of benzene rings is 2. The van der Waals surface area contributed by atoms with Crippen LogP contribution < -0.4 is 4.74 Å². The molecule has 0 saturated heterocycles. The van der Waals surface area contributed by atoms with Gasteiger partial charge >= 0.3 is 0 Å². The van der Waals surface area contributed by atoms with Gasteiger partial charge in [0.2, 0.25) is 0 Å². The fraction of sp³-hybridized carbons (Fsp3) is 0.400. The van der Waals surface area contributed by atoms with E-state index in [1.165, 1.54) is 29.5 Å². The van der Waals surface area contributed by atoms with Crippen molar-refractivity contribution in [2.24, 2.45) is 5.92 Å². The van der Waals surface area contributed by atoms with Gasteiger partial charge in [-0.15, -0.1) is 0 Å². The van der Waals surface area contributed by atoms with E-state index in [1.54, 1.807) is 0 Å². The highest BCUT2D eigenvalue weighted by Gasteiger charge is 2.20. The van der Waals surface area contributed by atoms with Gasteiger partial charge in [-0.25, -0.2) is 0 Å². The maximum atomic E-state index is 5.91. The zero-order valence-corrected chi connectivity index (χ0v) is 13.3. The third kappa shape index (κ3) is 4.60. The van der Waals surface area contributed by atoms with Crippen molar-refractivity contribution in [3.63, 3.8) is 0 Å². The van der Waals surface area contributed by atoms with Gasteiger partial charge < -0.3 is 9.47 Å². The van der Waals surface area contributed by atoms with Crippen LogP contribution in [0.5, 0.6) is 5.75 Å². The Balaban J connectivity index is 1.48. The van der Waals surface area contributed by atoms with Crippen molar-refractivity contribution in [1.29, 1.82) is 0 Å². The van der Waals surface area contributed by atoms with Crippen LogP contribution in [-0.2, 0) is 17.8 Å². The van der Waals surface area contributed by atoms with Crippen molar-refractivity contribution in [2.75, 3.05) is 13.2 Å². The van der Waals surface area contributed by atoms with Crippen LogP contribution in [0.2, 0.25) is 0 Å². The van der Waals surface area contributed by atoms with Gasteiger partial charge in [0.15, 0.2) is 0 Å². The third-order valence-corrected chi connectivity index (χ3v) is 4.06. The molecule has 1 fully saturated rings. The van der Waals surface area contributed by atoms with E-state index in [9.17, 15) is 0 Å². The standard InChI is InChI=1S/C20H24O2/c1-16-13-17(11-12-21-14-19-7-8-19)9-10-20(16)22-15-18-5-3-2-4-6-18/h2-6,9-10,13,19H,7-8,11-12,14-15H2,1H3. The zero-order valence-electron chi connectivity index (χ0n) is 13.3. The molecule has 0 heterocycles. The van der Waals surface area contributed by atoms with Gasteiger partial charge in [0.05, 0.1) is 6.61 Å². The predicted molar refractivity (Wildman–Crippen MR) is 89.2 cm³/mol. The molecule has 0 aliphatic heterocycles. The monoisotopic (exact) mass is 296 g/mol. The first-order chi connectivity index (χ1) is 10.8. The first-order valence-corrected chi connectivity index (χ1v) is 8.15. The van der Waals surface area contributed by atoms with E-state index in [0.717, 1.165) is 31.3 Å². The lowest BCUT2D eigenvalue weighted by Gasteiger charge is -2.11. The minimum absolute atomic E-state index is 0.617. The largest absolute Gasteiger partial charge is 0.489 e. The summed E-state index contributed by atoms with van der Waals surface area (Å²) in [5.41, 5.74) is 3.70. The number of hydrogen-bond donors (Lipinski definition) is 0. The van der Waals surface area contributed by atoms with Crippen LogP contribution in [-0.4, -0.2) is 13.2 Å². The van der Waals surface area contributed by atoms with Gasteiger partial charge in [-0.05, 0) is 54.9 Å². The lowest BCUT2D eigenvalue weighted by Crippen LogP contribution is -2.02. The summed E-state index contributed by atoms with van der Waals surface area (Å²) in [6, 6.07) is 16.7. The Bertz CT molecular complexity index is 588. The maximum Gasteiger partial charge on any atom is 0.122 e. The summed E-state index contributed by atoms with van der Waals surface area (Å²) in [5.74, 6) is 1.81. The van der Waals surface area contributed by atoms with E-state index >= 15 is 0 Å². The molecule has 0 N–H and O–H groups in total. The number of aryl methyl sites for hydroxylation is 1. The van der Waals surface area contributed by atoms with Crippen molar-refractivity contribution in [2.45, 2.75) is 32.8 Å². The molecular formula is C20H24O2. The van der Waals surface area contributed by atoms with Crippen LogP contribution in [0.4, 0.5) is 0 Å². The molecule has 0 radical (unpaired) electrons. The molecule has 0 bridgehead atoms. The second-order valence-corrected chi connectivity index (χ2v) is 6.14. The molecule has 0 unspecified atom stereocenters. The van der Waals surface area contributed by atoms with Crippen LogP contribution in [0.25, 0.3) is 0 Å². The Labute approximate surface area is 133 Å². The van der Waals surface area contributed by atoms with Crippen molar-refractivity contribution >= 4 is 0 Å². The van der Waals surface area contributed by atoms with Crippen molar-refractivity contribution in [1.82, 2.24) is 0 Å². The van der Waals surface area contributed by atoms with E-state index in [-0.39, 0.29) is 0 Å². The molecule has 2 nitrogen and oxygen atoms in total. The van der Waals surface area contributed by atoms with Crippen molar-refractivity contribution in [3.8, 4) is 5.75 Å². The summed E-state index contributed by atoms with van der Waals surface area (Å²) in [5, 5.41) is 0. The number of ether oxygens (including phenoxy) is 2. The molecule has 1 aliphatic rings. The maximum absolute atomic E-state index is 5.91. The zero-order chi connectivity index (χ0) is 15.2. The predicted octanol–water partition coefficient (Wildman–Crippen LogP) is 4.54. The van der Waals surface area contributed by atoms with Gasteiger partial charge in [0.25, 0.3) is 0 Å². The Hall–Kier alpha value is -1.80. The fourth-order valence-corrected chi connectivity index (χ4v) is 2.49. The van der Waals surface area contributed by atoms with Gasteiger partial charge in [-0.2, -0.15) is 0 Å². The summed E-state index contributed by atoms with van der Waals surface area (Å²) < 4.78 is 11.6. The second kappa shape index (κ2) is 7.46. The van der Waals surface area contributed by atoms with E-state index in [0.29, 0.717) is 6.61 Å². The Kier molecular flexibility index (Phi) is 5.12. The Morgan fingerprint density at radius 3 is 2.55 bits per heavy atom. The SMILES string of the molecule is Cc1cc(CCOCC2CC2)ccc1OCc1ccccc1. The minimum atomic E-state index is 0.617. The molecule has 0 spiro atoms. The molecule has 0 amide bonds. The van der Waals surface area contributed by atoms with Gasteiger partial charge in [0.1, 0.15) is 12.4 Å². The van der Waals surface area contributed by atoms with E-state index in [4.69, 9.17) is 9.47 Å². The highest BCUT2D eigenvalue weighted by atomic mass is 16.5. The van der Waals surface area contributed by atoms with Crippen molar-refractivity contribution < 1.29 is 9.47 Å². The van der Waals surface area contributed by atoms with Gasteiger partial charge in [0, 0.05) is 6.61 Å².